The van der Waals surface area contributed by atoms with Crippen molar-refractivity contribution in [3.63, 3.8) is 0 Å². The molecule has 1 unspecified atom stereocenters. The zero-order valence-electron chi connectivity index (χ0n) is 12.1. The predicted octanol–water partition coefficient (Wildman–Crippen LogP) is 1.94. The second-order valence-electron chi connectivity index (χ2n) is 4.63. The Hall–Kier alpha value is -1.32. The van der Waals surface area contributed by atoms with Crippen molar-refractivity contribution in [1.82, 2.24) is 4.31 Å². The SMILES string of the molecule is CSCCC(C)N(C)S(=O)(=O)c1cc([N+](=O)[O-])ccc1N. The molecule has 0 spiro atoms. The highest BCUT2D eigenvalue weighted by molar-refractivity contribution is 7.98. The van der Waals surface area contributed by atoms with Gasteiger partial charge in [0.05, 0.1) is 10.6 Å². The number of hydrogen-bond acceptors (Lipinski definition) is 6. The molecule has 1 aromatic rings. The number of benzene rings is 1. The average Bonchev–Trinajstić information content (AvgIpc) is 2.43. The molecule has 0 aliphatic heterocycles. The topological polar surface area (TPSA) is 107 Å². The summed E-state index contributed by atoms with van der Waals surface area (Å²) >= 11 is 1.63. The Morgan fingerprint density at radius 2 is 2.10 bits per heavy atom. The van der Waals surface area contributed by atoms with Gasteiger partial charge in [0.15, 0.2) is 0 Å². The summed E-state index contributed by atoms with van der Waals surface area (Å²) < 4.78 is 26.3. The lowest BCUT2D eigenvalue weighted by molar-refractivity contribution is -0.385. The summed E-state index contributed by atoms with van der Waals surface area (Å²) in [6.45, 7) is 1.79. The largest absolute Gasteiger partial charge is 0.398 e. The third kappa shape index (κ3) is 4.08. The van der Waals surface area contributed by atoms with E-state index in [0.29, 0.717) is 6.42 Å². The zero-order chi connectivity index (χ0) is 16.2. The average molecular weight is 333 g/mol. The van der Waals surface area contributed by atoms with E-state index < -0.39 is 14.9 Å². The van der Waals surface area contributed by atoms with Gasteiger partial charge in [-0.2, -0.15) is 16.1 Å². The smallest absolute Gasteiger partial charge is 0.270 e. The fraction of sp³-hybridized carbons (Fsp3) is 0.500. The van der Waals surface area contributed by atoms with Crippen LogP contribution in [0.15, 0.2) is 23.1 Å². The number of sulfonamides is 1. The summed E-state index contributed by atoms with van der Waals surface area (Å²) in [5.41, 5.74) is 5.39. The first kappa shape index (κ1) is 17.7. The van der Waals surface area contributed by atoms with Gasteiger partial charge in [-0.1, -0.05) is 0 Å². The van der Waals surface area contributed by atoms with Crippen LogP contribution in [0.25, 0.3) is 0 Å². The van der Waals surface area contributed by atoms with Gasteiger partial charge in [-0.3, -0.25) is 10.1 Å². The molecule has 0 bridgehead atoms. The van der Waals surface area contributed by atoms with Crippen molar-refractivity contribution in [2.45, 2.75) is 24.3 Å². The van der Waals surface area contributed by atoms with Gasteiger partial charge in [0.2, 0.25) is 10.0 Å². The third-order valence-electron chi connectivity index (χ3n) is 3.23. The highest BCUT2D eigenvalue weighted by atomic mass is 32.2. The normalized spacial score (nSPS) is 13.3. The van der Waals surface area contributed by atoms with Crippen LogP contribution in [0, 0.1) is 10.1 Å². The molecule has 1 aromatic carbocycles. The fourth-order valence-electron chi connectivity index (χ4n) is 1.72. The Labute approximate surface area is 128 Å². The number of nitro benzene ring substituents is 1. The van der Waals surface area contributed by atoms with E-state index in [2.05, 4.69) is 0 Å². The van der Waals surface area contributed by atoms with Crippen LogP contribution in [0.3, 0.4) is 0 Å². The maximum Gasteiger partial charge on any atom is 0.270 e. The lowest BCUT2D eigenvalue weighted by Gasteiger charge is -2.24. The number of nitrogens with zero attached hydrogens (tertiary/aromatic N) is 2. The monoisotopic (exact) mass is 333 g/mol. The van der Waals surface area contributed by atoms with E-state index >= 15 is 0 Å². The van der Waals surface area contributed by atoms with Gasteiger partial charge in [0.25, 0.3) is 5.69 Å². The molecule has 0 aliphatic rings. The summed E-state index contributed by atoms with van der Waals surface area (Å²) in [5, 5.41) is 10.8. The Morgan fingerprint density at radius 3 is 2.62 bits per heavy atom. The van der Waals surface area contributed by atoms with E-state index in [-0.39, 0.29) is 22.3 Å². The van der Waals surface area contributed by atoms with Gasteiger partial charge >= 0.3 is 0 Å². The van der Waals surface area contributed by atoms with Crippen LogP contribution < -0.4 is 5.73 Å². The van der Waals surface area contributed by atoms with Crippen LogP contribution in [0.4, 0.5) is 11.4 Å². The number of rotatable bonds is 7. The Bertz CT molecular complexity index is 619. The van der Waals surface area contributed by atoms with Crippen molar-refractivity contribution in [3.05, 3.63) is 28.3 Å². The van der Waals surface area contributed by atoms with Crippen LogP contribution in [-0.4, -0.2) is 42.7 Å². The first-order chi connectivity index (χ1) is 9.71. The number of hydrogen-bond donors (Lipinski definition) is 1. The molecule has 21 heavy (non-hydrogen) atoms. The van der Waals surface area contributed by atoms with Crippen molar-refractivity contribution < 1.29 is 13.3 Å². The van der Waals surface area contributed by atoms with Gasteiger partial charge in [-0.15, -0.1) is 0 Å². The minimum absolute atomic E-state index is 0.00418. The fourth-order valence-corrected chi connectivity index (χ4v) is 3.82. The summed E-state index contributed by atoms with van der Waals surface area (Å²) in [7, 11) is -2.40. The first-order valence-electron chi connectivity index (χ1n) is 6.22. The zero-order valence-corrected chi connectivity index (χ0v) is 13.8. The molecule has 0 aliphatic carbocycles. The molecule has 2 N–H and O–H groups in total. The highest BCUT2D eigenvalue weighted by Crippen LogP contribution is 2.27. The Kier molecular flexibility index (Phi) is 5.99. The Balaban J connectivity index is 3.18. The lowest BCUT2D eigenvalue weighted by atomic mass is 10.3. The maximum atomic E-state index is 12.5. The summed E-state index contributed by atoms with van der Waals surface area (Å²) in [5.74, 6) is 0.825. The maximum absolute atomic E-state index is 12.5. The van der Waals surface area contributed by atoms with Crippen molar-refractivity contribution in [1.29, 1.82) is 0 Å². The standard InChI is InChI=1S/C12H19N3O4S2/c1-9(6-7-20-3)14(2)21(18,19)12-8-10(15(16)17)4-5-11(12)13/h4-5,8-9H,6-7,13H2,1-3H3. The Morgan fingerprint density at radius 1 is 1.48 bits per heavy atom. The van der Waals surface area contributed by atoms with Gasteiger partial charge in [0, 0.05) is 25.2 Å². The van der Waals surface area contributed by atoms with E-state index in [9.17, 15) is 18.5 Å². The van der Waals surface area contributed by atoms with E-state index in [1.54, 1.807) is 18.7 Å². The van der Waals surface area contributed by atoms with E-state index in [4.69, 9.17) is 5.73 Å². The molecular weight excluding hydrogens is 314 g/mol. The molecule has 0 amide bonds. The van der Waals surface area contributed by atoms with E-state index in [1.807, 2.05) is 6.26 Å². The van der Waals surface area contributed by atoms with Crippen LogP contribution in [0.1, 0.15) is 13.3 Å². The molecular formula is C12H19N3O4S2. The second kappa shape index (κ2) is 7.10. The van der Waals surface area contributed by atoms with Crippen molar-refractivity contribution >= 4 is 33.2 Å². The second-order valence-corrected chi connectivity index (χ2v) is 7.58. The van der Waals surface area contributed by atoms with Crippen molar-refractivity contribution in [3.8, 4) is 0 Å². The van der Waals surface area contributed by atoms with Crippen LogP contribution in [0.5, 0.6) is 0 Å². The van der Waals surface area contributed by atoms with Gasteiger partial charge in [0.1, 0.15) is 4.90 Å². The molecule has 0 heterocycles. The number of anilines is 1. The molecule has 0 fully saturated rings. The molecule has 1 rings (SSSR count). The van der Waals surface area contributed by atoms with E-state index in [1.165, 1.54) is 23.5 Å². The minimum Gasteiger partial charge on any atom is -0.398 e. The van der Waals surface area contributed by atoms with Gasteiger partial charge < -0.3 is 5.73 Å². The van der Waals surface area contributed by atoms with Gasteiger partial charge in [-0.05, 0) is 31.4 Å². The molecule has 0 radical (unpaired) electrons. The number of nitrogens with two attached hydrogens (primary N) is 1. The molecule has 118 valence electrons. The van der Waals surface area contributed by atoms with Crippen molar-refractivity contribution in [2.75, 3.05) is 24.8 Å². The summed E-state index contributed by atoms with van der Waals surface area (Å²) in [6.07, 6.45) is 2.63. The third-order valence-corrected chi connectivity index (χ3v) is 5.90. The molecule has 0 saturated heterocycles. The number of non-ortho nitro benzene ring substituents is 1. The van der Waals surface area contributed by atoms with Crippen LogP contribution in [-0.2, 0) is 10.0 Å². The molecule has 1 atom stereocenters. The van der Waals surface area contributed by atoms with Crippen molar-refractivity contribution in [2.24, 2.45) is 0 Å². The van der Waals surface area contributed by atoms with E-state index in [0.717, 1.165) is 11.8 Å². The summed E-state index contributed by atoms with van der Waals surface area (Å²) in [4.78, 5) is 9.92. The molecule has 7 nitrogen and oxygen atoms in total. The predicted molar refractivity (Wildman–Crippen MR) is 84.9 cm³/mol. The quantitative estimate of drug-likeness (QED) is 0.464. The van der Waals surface area contributed by atoms with Gasteiger partial charge in [-0.25, -0.2) is 8.42 Å². The van der Waals surface area contributed by atoms with Crippen LogP contribution in [0.2, 0.25) is 0 Å². The molecule has 9 heteroatoms. The summed E-state index contributed by atoms with van der Waals surface area (Å²) in [6, 6.07) is 3.21. The number of nitro groups is 1. The molecule has 0 aromatic heterocycles. The number of thioether (sulfide) groups is 1. The molecule has 0 saturated carbocycles. The first-order valence-corrected chi connectivity index (χ1v) is 9.06. The van der Waals surface area contributed by atoms with Crippen LogP contribution >= 0.6 is 11.8 Å². The highest BCUT2D eigenvalue weighted by Gasteiger charge is 2.28. The lowest BCUT2D eigenvalue weighted by Crippen LogP contribution is -2.35. The number of nitrogen functional groups attached to an aromatic ring is 1. The minimum atomic E-state index is -3.86.